The molecule has 1 saturated carbocycles. The van der Waals surface area contributed by atoms with E-state index in [2.05, 4.69) is 4.90 Å². The molecule has 144 valence electrons. The minimum Gasteiger partial charge on any atom is -0.508 e. The maximum absolute atomic E-state index is 13.3. The molecule has 0 aromatic heterocycles. The molecule has 0 amide bonds. The molecule has 1 unspecified atom stereocenters. The maximum atomic E-state index is 13.3. The number of fused-ring (bicyclic) bond motifs is 1. The van der Waals surface area contributed by atoms with Gasteiger partial charge in [-0.2, -0.15) is 0 Å². The number of benzene rings is 2. The van der Waals surface area contributed by atoms with E-state index in [4.69, 9.17) is 4.74 Å². The second-order valence-electron chi connectivity index (χ2n) is 7.63. The third-order valence-corrected chi connectivity index (χ3v) is 5.69. The van der Waals surface area contributed by atoms with E-state index in [0.717, 1.165) is 43.6 Å². The first-order valence-electron chi connectivity index (χ1n) is 9.29. The van der Waals surface area contributed by atoms with Gasteiger partial charge >= 0.3 is 0 Å². The number of aromatic hydroxyl groups is 1. The van der Waals surface area contributed by atoms with Crippen molar-refractivity contribution in [1.29, 1.82) is 0 Å². The Balaban J connectivity index is 1.29. The number of hydrogen-bond donors (Lipinski definition) is 2. The third kappa shape index (κ3) is 4.06. The molecule has 2 N–H and O–H groups in total. The molecule has 1 heterocycles. The molecule has 4 atom stereocenters. The molecule has 6 heteroatoms. The standard InChI is InChI=1S/C21H23F2NO3/c22-19-6-5-17(9-20(19)23)27-18-7-14-10-24(11-15(14)8-18)12-21(26)13-1-3-16(25)4-2-13/h1-6,9,14-15,18,21,25-26H,7-8,10-12H2/t14-,15+,18+,21?. The van der Waals surface area contributed by atoms with Gasteiger partial charge in [0, 0.05) is 25.7 Å². The van der Waals surface area contributed by atoms with E-state index in [1.807, 2.05) is 0 Å². The van der Waals surface area contributed by atoms with E-state index >= 15 is 0 Å². The Morgan fingerprint density at radius 3 is 2.30 bits per heavy atom. The fourth-order valence-electron chi connectivity index (χ4n) is 4.38. The number of aliphatic hydroxyl groups is 1. The quantitative estimate of drug-likeness (QED) is 0.840. The molecule has 2 aromatic carbocycles. The number of phenolic OH excluding ortho intramolecular Hbond substituents is 1. The summed E-state index contributed by atoms with van der Waals surface area (Å²) in [7, 11) is 0. The molecular formula is C21H23F2NO3. The van der Waals surface area contributed by atoms with Crippen LogP contribution in [0.25, 0.3) is 0 Å². The lowest BCUT2D eigenvalue weighted by molar-refractivity contribution is 0.116. The summed E-state index contributed by atoms with van der Waals surface area (Å²) >= 11 is 0. The van der Waals surface area contributed by atoms with Crippen molar-refractivity contribution in [2.45, 2.75) is 25.0 Å². The Bertz CT molecular complexity index is 785. The minimum atomic E-state index is -0.889. The van der Waals surface area contributed by atoms with Crippen molar-refractivity contribution in [2.24, 2.45) is 11.8 Å². The minimum absolute atomic E-state index is 0.0223. The van der Waals surface area contributed by atoms with Gasteiger partial charge in [-0.3, -0.25) is 4.90 Å². The summed E-state index contributed by atoms with van der Waals surface area (Å²) in [4.78, 5) is 2.26. The Morgan fingerprint density at radius 1 is 1.00 bits per heavy atom. The van der Waals surface area contributed by atoms with E-state index in [9.17, 15) is 19.0 Å². The lowest BCUT2D eigenvalue weighted by atomic mass is 10.0. The summed E-state index contributed by atoms with van der Waals surface area (Å²) < 4.78 is 32.2. The first kappa shape index (κ1) is 18.2. The Hall–Kier alpha value is -2.18. The highest BCUT2D eigenvalue weighted by atomic mass is 19.2. The van der Waals surface area contributed by atoms with Gasteiger partial charge in [-0.25, -0.2) is 8.78 Å². The van der Waals surface area contributed by atoms with Gasteiger partial charge < -0.3 is 14.9 Å². The molecule has 1 aliphatic heterocycles. The fraction of sp³-hybridized carbons (Fsp3) is 0.429. The molecule has 4 nitrogen and oxygen atoms in total. The monoisotopic (exact) mass is 375 g/mol. The van der Waals surface area contributed by atoms with Crippen molar-refractivity contribution in [3.05, 3.63) is 59.7 Å². The summed E-state index contributed by atoms with van der Waals surface area (Å²) in [5, 5.41) is 19.8. The number of nitrogens with zero attached hydrogens (tertiary/aromatic N) is 1. The number of ether oxygens (including phenoxy) is 1. The summed E-state index contributed by atoms with van der Waals surface area (Å²) in [6.45, 7) is 2.36. The highest BCUT2D eigenvalue weighted by Gasteiger charge is 2.42. The normalized spacial score (nSPS) is 26.1. The van der Waals surface area contributed by atoms with Crippen molar-refractivity contribution in [3.8, 4) is 11.5 Å². The van der Waals surface area contributed by atoms with Crippen LogP contribution < -0.4 is 4.74 Å². The van der Waals surface area contributed by atoms with E-state index in [0.29, 0.717) is 24.1 Å². The lowest BCUT2D eigenvalue weighted by Gasteiger charge is -2.22. The van der Waals surface area contributed by atoms with Gasteiger partial charge in [0.05, 0.1) is 12.2 Å². The second kappa shape index (κ2) is 7.44. The topological polar surface area (TPSA) is 52.9 Å². The van der Waals surface area contributed by atoms with Crippen molar-refractivity contribution < 1.29 is 23.7 Å². The van der Waals surface area contributed by atoms with E-state index in [-0.39, 0.29) is 11.9 Å². The molecule has 1 aliphatic carbocycles. The average molecular weight is 375 g/mol. The molecular weight excluding hydrogens is 352 g/mol. The predicted octanol–water partition coefficient (Wildman–Crippen LogP) is 3.49. The van der Waals surface area contributed by atoms with Crippen LogP contribution in [0.1, 0.15) is 24.5 Å². The number of aliphatic hydroxyl groups excluding tert-OH is 1. The van der Waals surface area contributed by atoms with Crippen LogP contribution in [0.15, 0.2) is 42.5 Å². The molecule has 1 saturated heterocycles. The summed E-state index contributed by atoms with van der Waals surface area (Å²) in [5.41, 5.74) is 0.796. The van der Waals surface area contributed by atoms with Crippen LogP contribution in [0.3, 0.4) is 0 Å². The average Bonchev–Trinajstić information content (AvgIpc) is 3.16. The smallest absolute Gasteiger partial charge is 0.162 e. The van der Waals surface area contributed by atoms with Crippen LogP contribution in [0.4, 0.5) is 8.78 Å². The molecule has 0 bridgehead atoms. The first-order chi connectivity index (χ1) is 13.0. The van der Waals surface area contributed by atoms with E-state index in [1.165, 1.54) is 6.07 Å². The SMILES string of the molecule is Oc1ccc(C(O)CN2C[C@H]3C[C@H](Oc4ccc(F)c(F)c4)C[C@H]3C2)cc1. The van der Waals surface area contributed by atoms with Crippen molar-refractivity contribution >= 4 is 0 Å². The molecule has 0 radical (unpaired) electrons. The lowest BCUT2D eigenvalue weighted by Crippen LogP contribution is -2.28. The first-order valence-corrected chi connectivity index (χ1v) is 9.29. The summed E-state index contributed by atoms with van der Waals surface area (Å²) in [6, 6.07) is 10.3. The van der Waals surface area contributed by atoms with Crippen molar-refractivity contribution in [3.63, 3.8) is 0 Å². The van der Waals surface area contributed by atoms with Crippen LogP contribution in [0.2, 0.25) is 0 Å². The third-order valence-electron chi connectivity index (χ3n) is 5.69. The Morgan fingerprint density at radius 2 is 1.67 bits per heavy atom. The zero-order chi connectivity index (χ0) is 19.0. The zero-order valence-corrected chi connectivity index (χ0v) is 14.9. The highest BCUT2D eigenvalue weighted by molar-refractivity contribution is 5.27. The van der Waals surface area contributed by atoms with Gasteiger partial charge in [-0.1, -0.05) is 12.1 Å². The van der Waals surface area contributed by atoms with Gasteiger partial charge in [0.25, 0.3) is 0 Å². The van der Waals surface area contributed by atoms with Crippen LogP contribution >= 0.6 is 0 Å². The van der Waals surface area contributed by atoms with Gasteiger partial charge in [0.15, 0.2) is 11.6 Å². The molecule has 0 spiro atoms. The van der Waals surface area contributed by atoms with Gasteiger partial charge in [0.2, 0.25) is 0 Å². The van der Waals surface area contributed by atoms with Crippen LogP contribution in [0, 0.1) is 23.5 Å². The Kier molecular flexibility index (Phi) is 5.02. The van der Waals surface area contributed by atoms with Crippen LogP contribution in [0.5, 0.6) is 11.5 Å². The molecule has 2 aromatic rings. The summed E-state index contributed by atoms with van der Waals surface area (Å²) in [6.07, 6.45) is 1.21. The van der Waals surface area contributed by atoms with Crippen molar-refractivity contribution in [1.82, 2.24) is 4.90 Å². The maximum Gasteiger partial charge on any atom is 0.162 e. The number of phenols is 1. The highest BCUT2D eigenvalue weighted by Crippen LogP contribution is 2.40. The van der Waals surface area contributed by atoms with Crippen molar-refractivity contribution in [2.75, 3.05) is 19.6 Å². The zero-order valence-electron chi connectivity index (χ0n) is 14.9. The molecule has 4 rings (SSSR count). The van der Waals surface area contributed by atoms with E-state index < -0.39 is 17.7 Å². The number of β-amino-alcohol motifs (C(OH)–C–C–N with tert-alkyl or cyclic N) is 1. The molecule has 27 heavy (non-hydrogen) atoms. The van der Waals surface area contributed by atoms with E-state index in [1.54, 1.807) is 24.3 Å². The van der Waals surface area contributed by atoms with Gasteiger partial charge in [0.1, 0.15) is 11.5 Å². The number of rotatable bonds is 5. The largest absolute Gasteiger partial charge is 0.508 e. The number of likely N-dealkylation sites (tertiary alicyclic amines) is 1. The van der Waals surface area contributed by atoms with Crippen LogP contribution in [-0.2, 0) is 0 Å². The Labute approximate surface area is 157 Å². The number of hydrogen-bond acceptors (Lipinski definition) is 4. The van der Waals surface area contributed by atoms with Gasteiger partial charge in [-0.15, -0.1) is 0 Å². The predicted molar refractivity (Wildman–Crippen MR) is 96.5 cm³/mol. The number of halogens is 2. The molecule has 2 fully saturated rings. The fourth-order valence-corrected chi connectivity index (χ4v) is 4.38. The summed E-state index contributed by atoms with van der Waals surface area (Å²) in [5.74, 6) is -0.208. The second-order valence-corrected chi connectivity index (χ2v) is 7.63. The molecule has 2 aliphatic rings. The van der Waals surface area contributed by atoms with Gasteiger partial charge in [-0.05, 0) is 54.5 Å². The van der Waals surface area contributed by atoms with Crippen LogP contribution in [-0.4, -0.2) is 40.9 Å².